The van der Waals surface area contributed by atoms with Crippen molar-refractivity contribution in [1.82, 2.24) is 9.80 Å². The molecule has 1 saturated heterocycles. The lowest BCUT2D eigenvalue weighted by Crippen LogP contribution is -2.44. The van der Waals surface area contributed by atoms with Gasteiger partial charge in [0.25, 0.3) is 0 Å². The smallest absolute Gasteiger partial charge is 0.410 e. The van der Waals surface area contributed by atoms with Crippen LogP contribution in [0.3, 0.4) is 0 Å². The molecule has 0 bridgehead atoms. The Morgan fingerprint density at radius 2 is 2.03 bits per heavy atom. The van der Waals surface area contributed by atoms with Crippen molar-refractivity contribution in [3.8, 4) is 11.5 Å². The van der Waals surface area contributed by atoms with E-state index in [1.165, 1.54) is 0 Å². The molecule has 1 unspecified atom stereocenters. The summed E-state index contributed by atoms with van der Waals surface area (Å²) in [5, 5.41) is 0.465. The van der Waals surface area contributed by atoms with E-state index < -0.39 is 5.60 Å². The first-order valence-corrected chi connectivity index (χ1v) is 11.0. The van der Waals surface area contributed by atoms with Crippen LogP contribution in [-0.4, -0.2) is 67.3 Å². The Labute approximate surface area is 188 Å². The van der Waals surface area contributed by atoms with Crippen LogP contribution in [0.2, 0.25) is 5.02 Å². The van der Waals surface area contributed by atoms with Crippen molar-refractivity contribution in [3.05, 3.63) is 28.8 Å². The van der Waals surface area contributed by atoms with Gasteiger partial charge in [0.2, 0.25) is 5.91 Å². The summed E-state index contributed by atoms with van der Waals surface area (Å²) in [6.45, 7) is 8.36. The minimum atomic E-state index is -0.526. The minimum Gasteiger partial charge on any atom is -0.486 e. The summed E-state index contributed by atoms with van der Waals surface area (Å²) in [4.78, 5) is 28.4. The zero-order chi connectivity index (χ0) is 22.6. The average molecular weight is 451 g/mol. The van der Waals surface area contributed by atoms with Gasteiger partial charge in [-0.1, -0.05) is 11.6 Å². The molecule has 170 valence electrons. The number of piperidine rings is 1. The van der Waals surface area contributed by atoms with E-state index in [0.717, 1.165) is 18.4 Å². The number of benzene rings is 1. The summed E-state index contributed by atoms with van der Waals surface area (Å²) in [5.74, 6) is 1.29. The Morgan fingerprint density at radius 1 is 1.29 bits per heavy atom. The van der Waals surface area contributed by atoms with Gasteiger partial charge in [0.15, 0.2) is 11.5 Å². The van der Waals surface area contributed by atoms with E-state index in [1.54, 1.807) is 30.2 Å². The van der Waals surface area contributed by atoms with Gasteiger partial charge in [-0.05, 0) is 63.3 Å². The maximum Gasteiger partial charge on any atom is 0.410 e. The number of rotatable bonds is 4. The lowest BCUT2D eigenvalue weighted by molar-refractivity contribution is -0.127. The zero-order valence-corrected chi connectivity index (χ0v) is 19.4. The fourth-order valence-electron chi connectivity index (χ4n) is 3.72. The molecule has 2 aliphatic heterocycles. The van der Waals surface area contributed by atoms with Gasteiger partial charge < -0.3 is 24.0 Å². The van der Waals surface area contributed by atoms with Crippen LogP contribution in [0.15, 0.2) is 18.2 Å². The van der Waals surface area contributed by atoms with Crippen molar-refractivity contribution in [3.63, 3.8) is 0 Å². The lowest BCUT2D eigenvalue weighted by atomic mass is 9.97. The second-order valence-electron chi connectivity index (χ2n) is 9.01. The summed E-state index contributed by atoms with van der Waals surface area (Å²) < 4.78 is 16.5. The van der Waals surface area contributed by atoms with Crippen molar-refractivity contribution >= 4 is 29.7 Å². The molecule has 2 aliphatic rings. The maximum atomic E-state index is 12.7. The van der Waals surface area contributed by atoms with E-state index in [1.807, 2.05) is 31.7 Å². The summed E-state index contributed by atoms with van der Waals surface area (Å²) >= 11 is 6.27. The van der Waals surface area contributed by atoms with Gasteiger partial charge in [0.1, 0.15) is 18.8 Å². The molecule has 1 aromatic carbocycles. The Balaban J connectivity index is 1.57. The number of nitrogens with zero attached hydrogens (tertiary/aromatic N) is 2. The maximum absolute atomic E-state index is 12.7. The monoisotopic (exact) mass is 450 g/mol. The summed E-state index contributed by atoms with van der Waals surface area (Å²) in [6.07, 6.45) is 4.83. The van der Waals surface area contributed by atoms with Gasteiger partial charge in [0.05, 0.1) is 5.02 Å². The van der Waals surface area contributed by atoms with Crippen LogP contribution >= 0.6 is 11.6 Å². The topological polar surface area (TPSA) is 68.3 Å². The first-order valence-electron chi connectivity index (χ1n) is 10.6. The van der Waals surface area contributed by atoms with Crippen LogP contribution in [0.5, 0.6) is 11.5 Å². The molecular weight excluding hydrogens is 420 g/mol. The van der Waals surface area contributed by atoms with Crippen molar-refractivity contribution in [2.45, 2.75) is 39.2 Å². The summed E-state index contributed by atoms with van der Waals surface area (Å²) in [5.41, 5.74) is 0.252. The Hall–Kier alpha value is -2.41. The molecule has 2 heterocycles. The van der Waals surface area contributed by atoms with Gasteiger partial charge in [-0.15, -0.1) is 0 Å². The number of carbonyl (C=O) groups is 2. The number of fused-ring (bicyclic) bond motifs is 1. The first-order chi connectivity index (χ1) is 14.6. The molecule has 7 nitrogen and oxygen atoms in total. The lowest BCUT2D eigenvalue weighted by Gasteiger charge is -2.34. The molecule has 0 aromatic heterocycles. The van der Waals surface area contributed by atoms with Crippen LogP contribution in [0.1, 0.15) is 39.2 Å². The number of hydrogen-bond donors (Lipinski definition) is 0. The van der Waals surface area contributed by atoms with E-state index >= 15 is 0 Å². The molecule has 1 aromatic rings. The van der Waals surface area contributed by atoms with E-state index in [-0.39, 0.29) is 17.9 Å². The van der Waals surface area contributed by atoms with Gasteiger partial charge in [0, 0.05) is 32.8 Å². The third-order valence-corrected chi connectivity index (χ3v) is 5.39. The summed E-state index contributed by atoms with van der Waals surface area (Å²) in [6, 6.07) is 3.58. The molecule has 1 atom stereocenters. The highest BCUT2D eigenvalue weighted by molar-refractivity contribution is 6.32. The standard InChI is InChI=1S/C23H31ClN2O5/c1-23(2,3)31-22(28)25(4)14-17-6-5-9-26(15-17)20(27)8-7-16-12-18(24)21-19(13-16)29-10-11-30-21/h7-8,12-13,17H,5-6,9-11,14-15H2,1-4H3/b8-7+. The van der Waals surface area contributed by atoms with E-state index in [2.05, 4.69) is 0 Å². The predicted octanol–water partition coefficient (Wildman–Crippen LogP) is 4.23. The SMILES string of the molecule is CN(CC1CCCN(C(=O)/C=C/c2cc(Cl)c3c(c2)OCCO3)C1)C(=O)OC(C)(C)C. The molecular formula is C23H31ClN2O5. The van der Waals surface area contributed by atoms with E-state index in [4.69, 9.17) is 25.8 Å². The molecule has 0 aliphatic carbocycles. The number of hydrogen-bond acceptors (Lipinski definition) is 5. The number of amides is 2. The molecule has 0 spiro atoms. The highest BCUT2D eigenvalue weighted by Crippen LogP contribution is 2.38. The fourth-order valence-corrected chi connectivity index (χ4v) is 3.99. The van der Waals surface area contributed by atoms with Crippen LogP contribution in [-0.2, 0) is 9.53 Å². The van der Waals surface area contributed by atoms with E-state index in [0.29, 0.717) is 49.4 Å². The highest BCUT2D eigenvalue weighted by atomic mass is 35.5. The Kier molecular flexibility index (Phi) is 7.36. The van der Waals surface area contributed by atoms with Crippen molar-refractivity contribution in [1.29, 1.82) is 0 Å². The average Bonchev–Trinajstić information content (AvgIpc) is 2.71. The van der Waals surface area contributed by atoms with Crippen LogP contribution in [0, 0.1) is 5.92 Å². The molecule has 0 radical (unpaired) electrons. The van der Waals surface area contributed by atoms with Crippen LogP contribution in [0.4, 0.5) is 4.79 Å². The number of halogens is 1. The van der Waals surface area contributed by atoms with Gasteiger partial charge >= 0.3 is 6.09 Å². The third kappa shape index (κ3) is 6.53. The quantitative estimate of drug-likeness (QED) is 0.642. The first kappa shape index (κ1) is 23.3. The highest BCUT2D eigenvalue weighted by Gasteiger charge is 2.26. The largest absolute Gasteiger partial charge is 0.486 e. The normalized spacial score (nSPS) is 18.7. The van der Waals surface area contributed by atoms with Gasteiger partial charge in [-0.25, -0.2) is 4.79 Å². The molecule has 31 heavy (non-hydrogen) atoms. The molecule has 0 N–H and O–H groups in total. The van der Waals surface area contributed by atoms with Crippen molar-refractivity contribution in [2.75, 3.05) is 39.9 Å². The molecule has 2 amide bonds. The van der Waals surface area contributed by atoms with E-state index in [9.17, 15) is 9.59 Å². The van der Waals surface area contributed by atoms with Crippen molar-refractivity contribution in [2.24, 2.45) is 5.92 Å². The minimum absolute atomic E-state index is 0.0596. The molecule has 1 fully saturated rings. The number of likely N-dealkylation sites (tertiary alicyclic amines) is 1. The van der Waals surface area contributed by atoms with Crippen LogP contribution in [0.25, 0.3) is 6.08 Å². The molecule has 3 rings (SSSR count). The predicted molar refractivity (Wildman–Crippen MR) is 120 cm³/mol. The molecule has 0 saturated carbocycles. The zero-order valence-electron chi connectivity index (χ0n) is 18.7. The van der Waals surface area contributed by atoms with Gasteiger partial charge in [-0.3, -0.25) is 4.79 Å². The third-order valence-electron chi connectivity index (χ3n) is 5.11. The Bertz CT molecular complexity index is 849. The second kappa shape index (κ2) is 9.81. The van der Waals surface area contributed by atoms with Gasteiger partial charge in [-0.2, -0.15) is 0 Å². The van der Waals surface area contributed by atoms with Crippen molar-refractivity contribution < 1.29 is 23.8 Å². The summed E-state index contributed by atoms with van der Waals surface area (Å²) in [7, 11) is 1.74. The number of ether oxygens (including phenoxy) is 3. The Morgan fingerprint density at radius 3 is 2.77 bits per heavy atom. The number of carbonyl (C=O) groups excluding carboxylic acids is 2. The van der Waals surface area contributed by atoms with Crippen LogP contribution < -0.4 is 9.47 Å². The second-order valence-corrected chi connectivity index (χ2v) is 9.42. The molecule has 8 heteroatoms. The fraction of sp³-hybridized carbons (Fsp3) is 0.565.